The number of rotatable bonds is 4. The molecule has 0 amide bonds. The number of benzene rings is 1. The van der Waals surface area contributed by atoms with Crippen LogP contribution < -0.4 is 5.73 Å². The van der Waals surface area contributed by atoms with Gasteiger partial charge >= 0.3 is 0 Å². The molecule has 0 aliphatic carbocycles. The molecule has 0 atom stereocenters. The predicted octanol–water partition coefficient (Wildman–Crippen LogP) is 2.37. The zero-order chi connectivity index (χ0) is 13.8. The van der Waals surface area contributed by atoms with Crippen molar-refractivity contribution in [3.05, 3.63) is 40.2 Å². The maximum Gasteiger partial charge on any atom is 0.174 e. The van der Waals surface area contributed by atoms with Crippen LogP contribution in [-0.2, 0) is 5.75 Å². The average molecular weight is 298 g/mol. The molecule has 0 bridgehead atoms. The number of amidine groups is 1. The predicted molar refractivity (Wildman–Crippen MR) is 73.1 cm³/mol. The normalized spacial score (nSPS) is 11.8. The van der Waals surface area contributed by atoms with Gasteiger partial charge in [0.05, 0.1) is 5.56 Å². The monoisotopic (exact) mass is 298 g/mol. The van der Waals surface area contributed by atoms with E-state index < -0.39 is 5.82 Å². The molecule has 0 aliphatic rings. The molecule has 0 unspecified atom stereocenters. The summed E-state index contributed by atoms with van der Waals surface area (Å²) in [5.74, 6) is -0.310. The molecule has 1 aromatic carbocycles. The van der Waals surface area contributed by atoms with E-state index in [0.717, 1.165) is 9.35 Å². The van der Waals surface area contributed by atoms with Gasteiger partial charge in [-0.3, -0.25) is 0 Å². The Morgan fingerprint density at radius 3 is 2.95 bits per heavy atom. The van der Waals surface area contributed by atoms with Gasteiger partial charge in [-0.05, 0) is 18.6 Å². The number of hydrogen-bond acceptors (Lipinski definition) is 6. The van der Waals surface area contributed by atoms with Crippen LogP contribution in [0, 0.1) is 12.7 Å². The van der Waals surface area contributed by atoms with Crippen molar-refractivity contribution in [2.75, 3.05) is 0 Å². The van der Waals surface area contributed by atoms with Crippen LogP contribution >= 0.6 is 23.1 Å². The Balaban J connectivity index is 2.17. The Morgan fingerprint density at radius 2 is 2.32 bits per heavy atom. The first-order valence-corrected chi connectivity index (χ1v) is 7.10. The van der Waals surface area contributed by atoms with Gasteiger partial charge in [-0.25, -0.2) is 4.39 Å². The lowest BCUT2D eigenvalue weighted by atomic mass is 10.1. The SMILES string of the molecule is Cc1nnc(SCc2cccc(/C(N)=N/O)c2F)s1. The van der Waals surface area contributed by atoms with E-state index >= 15 is 0 Å². The molecule has 100 valence electrons. The largest absolute Gasteiger partial charge is 0.409 e. The molecule has 0 spiro atoms. The van der Waals surface area contributed by atoms with Crippen molar-refractivity contribution in [3.63, 3.8) is 0 Å². The molecule has 5 nitrogen and oxygen atoms in total. The zero-order valence-corrected chi connectivity index (χ0v) is 11.6. The van der Waals surface area contributed by atoms with Crippen LogP contribution in [0.1, 0.15) is 16.1 Å². The van der Waals surface area contributed by atoms with Gasteiger partial charge in [-0.2, -0.15) is 0 Å². The molecular formula is C11H11FN4OS2. The van der Waals surface area contributed by atoms with Gasteiger partial charge in [0.1, 0.15) is 10.8 Å². The molecule has 19 heavy (non-hydrogen) atoms. The minimum atomic E-state index is -0.480. The smallest absolute Gasteiger partial charge is 0.174 e. The maximum atomic E-state index is 14.1. The summed E-state index contributed by atoms with van der Waals surface area (Å²) in [6.07, 6.45) is 0. The van der Waals surface area contributed by atoms with Gasteiger partial charge in [0, 0.05) is 5.75 Å². The molecule has 8 heteroatoms. The minimum Gasteiger partial charge on any atom is -0.409 e. The van der Waals surface area contributed by atoms with Gasteiger partial charge in [-0.1, -0.05) is 40.4 Å². The second kappa shape index (κ2) is 5.98. The average Bonchev–Trinajstić information content (AvgIpc) is 2.82. The van der Waals surface area contributed by atoms with Crippen molar-refractivity contribution in [2.45, 2.75) is 17.0 Å². The molecule has 1 aromatic heterocycles. The number of halogens is 1. The molecule has 0 saturated carbocycles. The molecule has 0 saturated heterocycles. The third-order valence-electron chi connectivity index (χ3n) is 2.32. The molecule has 2 rings (SSSR count). The van der Waals surface area contributed by atoms with E-state index in [4.69, 9.17) is 10.9 Å². The van der Waals surface area contributed by atoms with Crippen LogP contribution in [0.3, 0.4) is 0 Å². The first kappa shape index (κ1) is 13.8. The first-order chi connectivity index (χ1) is 9.11. The lowest BCUT2D eigenvalue weighted by Crippen LogP contribution is -2.15. The standard InChI is InChI=1S/C11H11FN4OS2/c1-6-14-15-11(19-6)18-5-7-3-2-4-8(9(7)12)10(13)16-17/h2-4,17H,5H2,1H3,(H2,13,16). The Labute approximate surface area is 117 Å². The summed E-state index contributed by atoms with van der Waals surface area (Å²) in [4.78, 5) is 0. The van der Waals surface area contributed by atoms with E-state index in [2.05, 4.69) is 15.4 Å². The van der Waals surface area contributed by atoms with Gasteiger partial charge in [-0.15, -0.1) is 10.2 Å². The van der Waals surface area contributed by atoms with E-state index in [9.17, 15) is 4.39 Å². The Hall–Kier alpha value is -1.67. The zero-order valence-electron chi connectivity index (χ0n) is 10.00. The van der Waals surface area contributed by atoms with Crippen molar-refractivity contribution in [2.24, 2.45) is 10.9 Å². The Morgan fingerprint density at radius 1 is 1.53 bits per heavy atom. The van der Waals surface area contributed by atoms with Gasteiger partial charge < -0.3 is 10.9 Å². The summed E-state index contributed by atoms with van der Waals surface area (Å²) < 4.78 is 14.9. The van der Waals surface area contributed by atoms with Crippen LogP contribution in [0.2, 0.25) is 0 Å². The quantitative estimate of drug-likeness (QED) is 0.298. The van der Waals surface area contributed by atoms with Gasteiger partial charge in [0.25, 0.3) is 0 Å². The summed E-state index contributed by atoms with van der Waals surface area (Å²) in [7, 11) is 0. The van der Waals surface area contributed by atoms with E-state index in [0.29, 0.717) is 11.3 Å². The van der Waals surface area contributed by atoms with Crippen LogP contribution in [0.25, 0.3) is 0 Å². The number of hydrogen-bond donors (Lipinski definition) is 2. The number of aromatic nitrogens is 2. The second-order valence-electron chi connectivity index (χ2n) is 3.64. The first-order valence-electron chi connectivity index (χ1n) is 5.30. The number of nitrogens with zero attached hydrogens (tertiary/aromatic N) is 3. The lowest BCUT2D eigenvalue weighted by Gasteiger charge is -2.06. The van der Waals surface area contributed by atoms with Crippen LogP contribution in [0.15, 0.2) is 27.7 Å². The van der Waals surface area contributed by atoms with Gasteiger partial charge in [0.15, 0.2) is 10.2 Å². The second-order valence-corrected chi connectivity index (χ2v) is 6.04. The van der Waals surface area contributed by atoms with E-state index in [-0.39, 0.29) is 11.4 Å². The molecule has 2 aromatic rings. The Bertz CT molecular complexity index is 614. The van der Waals surface area contributed by atoms with Crippen molar-refractivity contribution in [1.29, 1.82) is 0 Å². The van der Waals surface area contributed by atoms with Crippen LogP contribution in [0.4, 0.5) is 4.39 Å². The van der Waals surface area contributed by atoms with Crippen molar-refractivity contribution in [3.8, 4) is 0 Å². The topological polar surface area (TPSA) is 84.4 Å². The third-order valence-corrected chi connectivity index (χ3v) is 4.34. The number of aryl methyl sites for hydroxylation is 1. The fourth-order valence-electron chi connectivity index (χ4n) is 1.42. The van der Waals surface area contributed by atoms with Crippen molar-refractivity contribution < 1.29 is 9.60 Å². The molecule has 0 aliphatic heterocycles. The lowest BCUT2D eigenvalue weighted by molar-refractivity contribution is 0.318. The van der Waals surface area contributed by atoms with E-state index in [1.54, 1.807) is 12.1 Å². The third kappa shape index (κ3) is 3.21. The molecule has 3 N–H and O–H groups in total. The molecule has 0 radical (unpaired) electrons. The minimum absolute atomic E-state index is 0.0917. The fraction of sp³-hybridized carbons (Fsp3) is 0.182. The summed E-state index contributed by atoms with van der Waals surface area (Å²) in [6, 6.07) is 4.79. The maximum absolute atomic E-state index is 14.1. The van der Waals surface area contributed by atoms with Crippen LogP contribution in [-0.4, -0.2) is 21.2 Å². The highest BCUT2D eigenvalue weighted by Crippen LogP contribution is 2.27. The summed E-state index contributed by atoms with van der Waals surface area (Å²) >= 11 is 2.86. The highest BCUT2D eigenvalue weighted by molar-refractivity contribution is 8.00. The number of thioether (sulfide) groups is 1. The highest BCUT2D eigenvalue weighted by atomic mass is 32.2. The van der Waals surface area contributed by atoms with E-state index in [1.807, 2.05) is 6.92 Å². The number of nitrogens with two attached hydrogens (primary N) is 1. The van der Waals surface area contributed by atoms with Gasteiger partial charge in [0.2, 0.25) is 0 Å². The summed E-state index contributed by atoms with van der Waals surface area (Å²) in [5.41, 5.74) is 5.97. The highest BCUT2D eigenvalue weighted by Gasteiger charge is 2.12. The number of oxime groups is 1. The van der Waals surface area contributed by atoms with Crippen molar-refractivity contribution in [1.82, 2.24) is 10.2 Å². The summed E-state index contributed by atoms with van der Waals surface area (Å²) in [6.45, 7) is 1.86. The Kier molecular flexibility index (Phi) is 4.33. The van der Waals surface area contributed by atoms with Crippen LogP contribution in [0.5, 0.6) is 0 Å². The fourth-order valence-corrected chi connectivity index (χ4v) is 3.21. The van der Waals surface area contributed by atoms with Crippen molar-refractivity contribution >= 4 is 28.9 Å². The summed E-state index contributed by atoms with van der Waals surface area (Å²) in [5, 5.41) is 20.1. The molecular weight excluding hydrogens is 287 g/mol. The molecule has 1 heterocycles. The molecule has 0 fully saturated rings. The van der Waals surface area contributed by atoms with E-state index in [1.165, 1.54) is 29.2 Å².